The topological polar surface area (TPSA) is 55.8 Å². The molecule has 2 aromatic rings. The van der Waals surface area contributed by atoms with E-state index in [2.05, 4.69) is 12.1 Å². The van der Waals surface area contributed by atoms with Gasteiger partial charge in [-0.15, -0.1) is 0 Å². The molecule has 2 aliphatic carbocycles. The minimum atomic E-state index is -0.950. The Hall–Kier alpha value is -2.17. The Balaban J connectivity index is 1.77. The third kappa shape index (κ3) is 3.17. The first-order chi connectivity index (χ1) is 12.9. The minimum absolute atomic E-state index is 0.0164. The highest BCUT2D eigenvalue weighted by atomic mass is 16.5. The quantitative estimate of drug-likeness (QED) is 0.882. The number of hydrogen-bond donors (Lipinski definition) is 1. The van der Waals surface area contributed by atoms with Crippen molar-refractivity contribution in [2.45, 2.75) is 50.7 Å². The molecule has 0 saturated heterocycles. The smallest absolute Gasteiger partial charge is 0.166 e. The zero-order valence-corrected chi connectivity index (χ0v) is 16.1. The Morgan fingerprint density at radius 2 is 2.04 bits per heavy atom. The van der Waals surface area contributed by atoms with Crippen LogP contribution in [0, 0.1) is 0 Å². The van der Waals surface area contributed by atoms with Crippen molar-refractivity contribution >= 4 is 5.78 Å². The lowest BCUT2D eigenvalue weighted by atomic mass is 9.79. The van der Waals surface area contributed by atoms with Crippen molar-refractivity contribution in [1.82, 2.24) is 0 Å². The molecule has 4 rings (SSSR count). The van der Waals surface area contributed by atoms with Crippen LogP contribution in [0.1, 0.15) is 71.3 Å². The second kappa shape index (κ2) is 6.77. The van der Waals surface area contributed by atoms with Crippen LogP contribution in [-0.4, -0.2) is 30.2 Å². The molecule has 4 heteroatoms. The van der Waals surface area contributed by atoms with Crippen LogP contribution in [0.15, 0.2) is 36.4 Å². The molecule has 0 amide bonds. The lowest BCUT2D eigenvalue weighted by molar-refractivity contribution is 0.0411. The van der Waals surface area contributed by atoms with Gasteiger partial charge in [0.15, 0.2) is 5.78 Å². The molecule has 0 saturated carbocycles. The number of ether oxygens (including phenoxy) is 2. The second-order valence-corrected chi connectivity index (χ2v) is 7.89. The maximum atomic E-state index is 12.6. The molecular formula is C23H26O4. The lowest BCUT2D eigenvalue weighted by Gasteiger charge is -2.29. The minimum Gasteiger partial charge on any atom is -0.496 e. The van der Waals surface area contributed by atoms with E-state index in [4.69, 9.17) is 9.47 Å². The molecule has 2 aromatic carbocycles. The summed E-state index contributed by atoms with van der Waals surface area (Å²) in [6.07, 6.45) is 1.57. The average molecular weight is 366 g/mol. The van der Waals surface area contributed by atoms with Gasteiger partial charge >= 0.3 is 0 Å². The molecule has 0 heterocycles. The van der Waals surface area contributed by atoms with Crippen LogP contribution in [-0.2, 0) is 11.2 Å². The van der Waals surface area contributed by atoms with Gasteiger partial charge in [-0.1, -0.05) is 24.3 Å². The molecule has 142 valence electrons. The summed E-state index contributed by atoms with van der Waals surface area (Å²) in [5.74, 6) is 1.02. The monoisotopic (exact) mass is 366 g/mol. The molecule has 1 N–H and O–H groups in total. The van der Waals surface area contributed by atoms with Crippen molar-refractivity contribution in [3.63, 3.8) is 0 Å². The molecule has 4 nitrogen and oxygen atoms in total. The highest BCUT2D eigenvalue weighted by molar-refractivity contribution is 5.99. The number of aliphatic hydroxyl groups is 1. The number of fused-ring (bicyclic) bond motifs is 2. The Bertz CT molecular complexity index is 884. The fourth-order valence-electron chi connectivity index (χ4n) is 4.65. The van der Waals surface area contributed by atoms with Crippen LogP contribution in [0.5, 0.6) is 5.75 Å². The molecule has 0 bridgehead atoms. The number of rotatable bonds is 4. The first kappa shape index (κ1) is 18.2. The first-order valence-corrected chi connectivity index (χ1v) is 9.60. The summed E-state index contributed by atoms with van der Waals surface area (Å²) in [5, 5.41) is 10.3. The zero-order valence-electron chi connectivity index (χ0n) is 16.1. The third-order valence-corrected chi connectivity index (χ3v) is 5.78. The highest BCUT2D eigenvalue weighted by Crippen LogP contribution is 2.50. The largest absolute Gasteiger partial charge is 0.496 e. The van der Waals surface area contributed by atoms with Crippen molar-refractivity contribution in [2.24, 2.45) is 0 Å². The maximum absolute atomic E-state index is 12.6. The standard InChI is InChI=1S/C23H26O4/c1-4-27-21-11-18(22-16(21)6-5-7-20(22)26-3)14-8-9-15-12-23(2,25)13-19(24)17(15)10-14/h5-10,18,21,25H,4,11-13H2,1-3H3/t18-,21+,23+/m0/s1. The van der Waals surface area contributed by atoms with E-state index in [1.807, 2.05) is 31.2 Å². The number of carbonyl (C=O) groups excluding carboxylic acids is 1. The van der Waals surface area contributed by atoms with Crippen molar-refractivity contribution in [3.8, 4) is 5.75 Å². The van der Waals surface area contributed by atoms with E-state index in [9.17, 15) is 9.90 Å². The molecule has 0 aromatic heterocycles. The van der Waals surface area contributed by atoms with E-state index in [0.29, 0.717) is 13.0 Å². The summed E-state index contributed by atoms with van der Waals surface area (Å²) in [6.45, 7) is 4.40. The van der Waals surface area contributed by atoms with E-state index in [0.717, 1.165) is 34.4 Å². The van der Waals surface area contributed by atoms with Crippen molar-refractivity contribution in [2.75, 3.05) is 13.7 Å². The van der Waals surface area contributed by atoms with Gasteiger partial charge in [-0.2, -0.15) is 0 Å². The summed E-state index contributed by atoms with van der Waals surface area (Å²) < 4.78 is 11.6. The van der Waals surface area contributed by atoms with Crippen molar-refractivity contribution < 1.29 is 19.4 Å². The third-order valence-electron chi connectivity index (χ3n) is 5.78. The number of benzene rings is 2. The molecule has 3 atom stereocenters. The Morgan fingerprint density at radius 3 is 2.78 bits per heavy atom. The molecule has 2 aliphatic rings. The zero-order chi connectivity index (χ0) is 19.2. The molecule has 0 aliphatic heterocycles. The van der Waals surface area contributed by atoms with E-state index in [1.165, 1.54) is 5.56 Å². The van der Waals surface area contributed by atoms with Crippen LogP contribution >= 0.6 is 0 Å². The lowest BCUT2D eigenvalue weighted by Crippen LogP contribution is -2.35. The van der Waals surface area contributed by atoms with Crippen molar-refractivity contribution in [1.29, 1.82) is 0 Å². The number of ketones is 1. The summed E-state index contributed by atoms with van der Waals surface area (Å²) in [6, 6.07) is 12.2. The Labute approximate surface area is 160 Å². The van der Waals surface area contributed by atoms with Crippen molar-refractivity contribution in [3.05, 3.63) is 64.2 Å². The van der Waals surface area contributed by atoms with Crippen LogP contribution in [0.3, 0.4) is 0 Å². The van der Waals surface area contributed by atoms with Gasteiger partial charge in [-0.3, -0.25) is 4.79 Å². The van der Waals surface area contributed by atoms with Crippen LogP contribution in [0.2, 0.25) is 0 Å². The van der Waals surface area contributed by atoms with Gasteiger partial charge in [0.05, 0.1) is 18.8 Å². The van der Waals surface area contributed by atoms with E-state index in [1.54, 1.807) is 14.0 Å². The van der Waals surface area contributed by atoms with Gasteiger partial charge in [0.25, 0.3) is 0 Å². The van der Waals surface area contributed by atoms with Crippen LogP contribution in [0.25, 0.3) is 0 Å². The van der Waals surface area contributed by atoms with Gasteiger partial charge in [-0.25, -0.2) is 0 Å². The number of hydrogen-bond acceptors (Lipinski definition) is 4. The molecule has 0 unspecified atom stereocenters. The number of methoxy groups -OCH3 is 1. The second-order valence-electron chi connectivity index (χ2n) is 7.89. The average Bonchev–Trinajstić information content (AvgIpc) is 3.00. The highest BCUT2D eigenvalue weighted by Gasteiger charge is 2.37. The van der Waals surface area contributed by atoms with Gasteiger partial charge in [-0.05, 0) is 49.1 Å². The fourth-order valence-corrected chi connectivity index (χ4v) is 4.65. The predicted molar refractivity (Wildman–Crippen MR) is 104 cm³/mol. The molecule has 0 fully saturated rings. The fraction of sp³-hybridized carbons (Fsp3) is 0.435. The normalized spacial score (nSPS) is 26.6. The number of Topliss-reactive ketones (excluding diaryl/α,β-unsaturated/α-hetero) is 1. The van der Waals surface area contributed by atoms with Gasteiger partial charge in [0.1, 0.15) is 5.75 Å². The summed E-state index contributed by atoms with van der Waals surface area (Å²) in [7, 11) is 1.69. The number of carbonyl (C=O) groups is 1. The summed E-state index contributed by atoms with van der Waals surface area (Å²) in [5.41, 5.74) is 4.17. The van der Waals surface area contributed by atoms with Crippen LogP contribution < -0.4 is 4.74 Å². The molecule has 0 radical (unpaired) electrons. The Morgan fingerprint density at radius 1 is 1.22 bits per heavy atom. The SMILES string of the molecule is CCO[C@@H]1C[C@@H](c2ccc3c(c2)C(=O)C[C@](C)(O)C3)c2c(OC)cccc21. The predicted octanol–water partition coefficient (Wildman–Crippen LogP) is 4.19. The Kier molecular flexibility index (Phi) is 4.57. The van der Waals surface area contributed by atoms with E-state index < -0.39 is 5.60 Å². The van der Waals surface area contributed by atoms with Gasteiger partial charge < -0.3 is 14.6 Å². The maximum Gasteiger partial charge on any atom is 0.166 e. The van der Waals surface area contributed by atoms with Gasteiger partial charge in [0.2, 0.25) is 0 Å². The van der Waals surface area contributed by atoms with E-state index in [-0.39, 0.29) is 24.2 Å². The summed E-state index contributed by atoms with van der Waals surface area (Å²) >= 11 is 0. The summed E-state index contributed by atoms with van der Waals surface area (Å²) in [4.78, 5) is 12.6. The molecule has 27 heavy (non-hydrogen) atoms. The van der Waals surface area contributed by atoms with Crippen LogP contribution in [0.4, 0.5) is 0 Å². The molecule has 0 spiro atoms. The van der Waals surface area contributed by atoms with Gasteiger partial charge in [0, 0.05) is 36.5 Å². The molecular weight excluding hydrogens is 340 g/mol. The van der Waals surface area contributed by atoms with E-state index >= 15 is 0 Å². The first-order valence-electron chi connectivity index (χ1n) is 9.60.